The van der Waals surface area contributed by atoms with Gasteiger partial charge < -0.3 is 14.6 Å². The second kappa shape index (κ2) is 10.5. The predicted octanol–water partition coefficient (Wildman–Crippen LogP) is 8.73. The maximum Gasteiger partial charge on any atom is 0.192 e. The van der Waals surface area contributed by atoms with Crippen LogP contribution in [0, 0.1) is 40.4 Å². The quantitative estimate of drug-likeness (QED) is 0.242. The number of hydrogen-bond acceptors (Lipinski definition) is 3. The molecule has 4 heteroatoms. The molecular weight excluding hydrogens is 472 g/mol. The number of hydrogen-bond donors (Lipinski definition) is 2. The van der Waals surface area contributed by atoms with Crippen LogP contribution in [-0.4, -0.2) is 36.3 Å². The Hall–Kier alpha value is 0.0969. The first-order valence-corrected chi connectivity index (χ1v) is 19.1. The van der Waals surface area contributed by atoms with Crippen LogP contribution in [0.2, 0.25) is 18.1 Å². The molecule has 10 atom stereocenters. The largest absolute Gasteiger partial charge is 0.414 e. The molecule has 37 heavy (non-hydrogen) atoms. The zero-order valence-electron chi connectivity index (χ0n) is 26.0. The van der Waals surface area contributed by atoms with Crippen LogP contribution in [0.25, 0.3) is 0 Å². The predicted molar refractivity (Wildman–Crippen MR) is 158 cm³/mol. The summed E-state index contributed by atoms with van der Waals surface area (Å²) in [6.07, 6.45) is 15.3. The average molecular weight is 535 g/mol. The number of fused-ring (bicyclic) bond motifs is 5. The van der Waals surface area contributed by atoms with E-state index >= 15 is 0 Å². The second-order valence-electron chi connectivity index (χ2n) is 16.4. The third-order valence-corrected chi connectivity index (χ3v) is 17.7. The number of aliphatic hydroxyl groups is 2. The lowest BCUT2D eigenvalue weighted by Crippen LogP contribution is -2.59. The van der Waals surface area contributed by atoms with E-state index in [0.29, 0.717) is 29.8 Å². The van der Waals surface area contributed by atoms with Gasteiger partial charge in [0.1, 0.15) is 0 Å². The minimum Gasteiger partial charge on any atom is -0.414 e. The van der Waals surface area contributed by atoms with Crippen molar-refractivity contribution in [3.05, 3.63) is 0 Å². The van der Waals surface area contributed by atoms with Crippen molar-refractivity contribution in [2.75, 3.05) is 0 Å². The Bertz CT molecular complexity index is 787. The van der Waals surface area contributed by atoms with Gasteiger partial charge in [0.15, 0.2) is 8.32 Å². The Balaban J connectivity index is 1.47. The van der Waals surface area contributed by atoms with E-state index in [-0.39, 0.29) is 22.0 Å². The van der Waals surface area contributed by atoms with Crippen molar-refractivity contribution in [3.8, 4) is 0 Å². The van der Waals surface area contributed by atoms with Gasteiger partial charge in [-0.1, -0.05) is 67.2 Å². The lowest BCUT2D eigenvalue weighted by Gasteiger charge is -2.63. The van der Waals surface area contributed by atoms with Crippen molar-refractivity contribution in [1.82, 2.24) is 0 Å². The Morgan fingerprint density at radius 3 is 2.14 bits per heavy atom. The van der Waals surface area contributed by atoms with Gasteiger partial charge in [-0.05, 0) is 123 Å². The molecule has 0 aliphatic heterocycles. The van der Waals surface area contributed by atoms with E-state index in [0.717, 1.165) is 38.0 Å². The summed E-state index contributed by atoms with van der Waals surface area (Å²) >= 11 is 0. The summed E-state index contributed by atoms with van der Waals surface area (Å²) in [5.74, 6) is 2.78. The molecule has 0 aromatic rings. The van der Waals surface area contributed by atoms with E-state index in [1.165, 1.54) is 51.4 Å². The van der Waals surface area contributed by atoms with Gasteiger partial charge >= 0.3 is 0 Å². The Morgan fingerprint density at radius 2 is 1.49 bits per heavy atom. The summed E-state index contributed by atoms with van der Waals surface area (Å²) in [7, 11) is -1.80. The van der Waals surface area contributed by atoms with Gasteiger partial charge in [-0.15, -0.1) is 0 Å². The fraction of sp³-hybridized carbons (Fsp3) is 1.00. The van der Waals surface area contributed by atoms with Crippen molar-refractivity contribution in [3.63, 3.8) is 0 Å². The molecule has 4 fully saturated rings. The lowest BCUT2D eigenvalue weighted by atomic mass is 9.43. The number of unbranched alkanes of at least 4 members (excludes halogenated alkanes) is 3. The first-order chi connectivity index (χ1) is 17.1. The molecule has 0 amide bonds. The summed E-state index contributed by atoms with van der Waals surface area (Å²) in [5, 5.41) is 23.6. The highest BCUT2D eigenvalue weighted by Crippen LogP contribution is 2.69. The van der Waals surface area contributed by atoms with E-state index < -0.39 is 13.9 Å². The molecule has 216 valence electrons. The van der Waals surface area contributed by atoms with Crippen molar-refractivity contribution < 1.29 is 14.6 Å². The van der Waals surface area contributed by atoms with Crippen molar-refractivity contribution in [2.45, 2.75) is 168 Å². The standard InChI is InChI=1S/C33H62O3Si/c1-10-11-12-13-18-33(7,35)29-15-14-25-24-22-28(34)27-21-23(36-37(8,9)30(2,3)4)16-19-31(27,5)26(24)17-20-32(25,29)6/h23-29,34-35H,10-22H2,1-9H3/t23?,24-,25-,26-,27+,28-,29-,31+,32-,33-/m0/s1. The normalized spacial score (nSPS) is 44.0. The molecule has 0 aromatic carbocycles. The molecule has 4 rings (SSSR count). The zero-order chi connectivity index (χ0) is 27.4. The SMILES string of the molecule is CCCCCC[C@](C)(O)[C@H]1CC[C@H]2[C@@H]3C[C@H](O)[C@H]4CC(O[Si](C)(C)C(C)(C)C)CC[C@]4(C)[C@H]3CC[C@@]21C. The van der Waals surface area contributed by atoms with E-state index in [4.69, 9.17) is 4.43 Å². The summed E-state index contributed by atoms with van der Waals surface area (Å²) in [5.41, 5.74) is -0.0956. The second-order valence-corrected chi connectivity index (χ2v) is 21.2. The van der Waals surface area contributed by atoms with Crippen LogP contribution in [0.15, 0.2) is 0 Å². The van der Waals surface area contributed by atoms with Crippen LogP contribution in [0.1, 0.15) is 132 Å². The van der Waals surface area contributed by atoms with E-state index in [9.17, 15) is 10.2 Å². The Kier molecular flexibility index (Phi) is 8.53. The van der Waals surface area contributed by atoms with Crippen LogP contribution in [0.3, 0.4) is 0 Å². The van der Waals surface area contributed by atoms with Crippen molar-refractivity contribution >= 4 is 8.32 Å². The molecule has 2 N–H and O–H groups in total. The smallest absolute Gasteiger partial charge is 0.192 e. The Morgan fingerprint density at radius 1 is 0.838 bits per heavy atom. The van der Waals surface area contributed by atoms with Gasteiger partial charge in [-0.3, -0.25) is 0 Å². The van der Waals surface area contributed by atoms with Crippen LogP contribution in [0.4, 0.5) is 0 Å². The van der Waals surface area contributed by atoms with E-state index in [1.807, 2.05) is 0 Å². The molecule has 4 saturated carbocycles. The number of aliphatic hydroxyl groups excluding tert-OH is 1. The van der Waals surface area contributed by atoms with E-state index in [1.54, 1.807) is 0 Å². The van der Waals surface area contributed by atoms with Crippen LogP contribution in [0.5, 0.6) is 0 Å². The molecule has 4 aliphatic carbocycles. The summed E-state index contributed by atoms with van der Waals surface area (Å²) in [4.78, 5) is 0. The summed E-state index contributed by atoms with van der Waals surface area (Å²) in [6, 6.07) is 0. The molecule has 4 aliphatic rings. The molecule has 3 nitrogen and oxygen atoms in total. The molecule has 0 radical (unpaired) electrons. The minimum absolute atomic E-state index is 0.201. The van der Waals surface area contributed by atoms with Gasteiger partial charge in [0.05, 0.1) is 11.7 Å². The molecule has 0 saturated heterocycles. The van der Waals surface area contributed by atoms with Crippen LogP contribution < -0.4 is 0 Å². The molecule has 0 heterocycles. The fourth-order valence-corrected chi connectivity index (χ4v) is 11.5. The fourth-order valence-electron chi connectivity index (χ4n) is 10.1. The molecule has 0 spiro atoms. The monoisotopic (exact) mass is 534 g/mol. The zero-order valence-corrected chi connectivity index (χ0v) is 27.0. The highest BCUT2D eigenvalue weighted by atomic mass is 28.4. The maximum absolute atomic E-state index is 11.7. The van der Waals surface area contributed by atoms with Gasteiger partial charge in [0.2, 0.25) is 0 Å². The first-order valence-electron chi connectivity index (χ1n) is 16.1. The minimum atomic E-state index is -1.80. The highest BCUT2D eigenvalue weighted by Gasteiger charge is 2.64. The Labute approximate surface area is 231 Å². The molecular formula is C33H62O3Si. The lowest BCUT2D eigenvalue weighted by molar-refractivity contribution is -0.178. The summed E-state index contributed by atoms with van der Waals surface area (Å²) < 4.78 is 6.91. The highest BCUT2D eigenvalue weighted by molar-refractivity contribution is 6.74. The molecule has 1 unspecified atom stereocenters. The van der Waals surface area contributed by atoms with Gasteiger partial charge in [0.25, 0.3) is 0 Å². The van der Waals surface area contributed by atoms with Crippen molar-refractivity contribution in [2.24, 2.45) is 40.4 Å². The van der Waals surface area contributed by atoms with Crippen molar-refractivity contribution in [1.29, 1.82) is 0 Å². The van der Waals surface area contributed by atoms with Gasteiger partial charge in [-0.25, -0.2) is 0 Å². The third kappa shape index (κ3) is 5.41. The topological polar surface area (TPSA) is 49.7 Å². The van der Waals surface area contributed by atoms with Gasteiger partial charge in [0, 0.05) is 6.10 Å². The summed E-state index contributed by atoms with van der Waals surface area (Å²) in [6.45, 7) is 21.2. The molecule has 0 bridgehead atoms. The molecule has 0 aromatic heterocycles. The van der Waals surface area contributed by atoms with Gasteiger partial charge in [-0.2, -0.15) is 0 Å². The number of rotatable bonds is 8. The average Bonchev–Trinajstić information content (AvgIpc) is 3.15. The first kappa shape index (κ1) is 30.1. The third-order valence-electron chi connectivity index (χ3n) is 13.2. The van der Waals surface area contributed by atoms with E-state index in [2.05, 4.69) is 61.6 Å². The van der Waals surface area contributed by atoms with Crippen LogP contribution >= 0.6 is 0 Å². The maximum atomic E-state index is 11.7. The van der Waals surface area contributed by atoms with Crippen LogP contribution in [-0.2, 0) is 4.43 Å².